The highest BCUT2D eigenvalue weighted by atomic mass is 19.4. The van der Waals surface area contributed by atoms with Gasteiger partial charge in [-0.15, -0.1) is 0 Å². The number of β-amino-alcohol motifs (C(OH)–C–C–N with tert-alkyl or cyclic N) is 1. The van der Waals surface area contributed by atoms with E-state index in [1.165, 1.54) is 19.0 Å². The predicted octanol–water partition coefficient (Wildman–Crippen LogP) is 2.05. The molecule has 0 bridgehead atoms. The molecule has 1 amide bonds. The Morgan fingerprint density at radius 3 is 2.55 bits per heavy atom. The Morgan fingerprint density at radius 2 is 1.94 bits per heavy atom. The number of carbonyl (C=O) groups excluding carboxylic acids is 2. The molecule has 0 aliphatic carbocycles. The first kappa shape index (κ1) is 25.4. The van der Waals surface area contributed by atoms with Gasteiger partial charge in [0.2, 0.25) is 0 Å². The van der Waals surface area contributed by atoms with Crippen molar-refractivity contribution in [1.82, 2.24) is 9.96 Å². The number of aliphatic hydroxyl groups is 1. The summed E-state index contributed by atoms with van der Waals surface area (Å²) in [5, 5.41) is 11.8. The molecule has 0 aromatic heterocycles. The van der Waals surface area contributed by atoms with Crippen molar-refractivity contribution in [1.29, 1.82) is 0 Å². The minimum atomic E-state index is -5.13. The maximum Gasteiger partial charge on any atom is 0.471 e. The van der Waals surface area contributed by atoms with E-state index in [4.69, 9.17) is 14.3 Å². The normalized spacial score (nSPS) is 30.6. The lowest BCUT2D eigenvalue weighted by Crippen LogP contribution is -2.54. The Labute approximate surface area is 190 Å². The Kier molecular flexibility index (Phi) is 7.67. The van der Waals surface area contributed by atoms with Gasteiger partial charge in [0, 0.05) is 13.5 Å². The van der Waals surface area contributed by atoms with E-state index < -0.39 is 54.5 Å². The van der Waals surface area contributed by atoms with Crippen LogP contribution < -0.4 is 0 Å². The highest BCUT2D eigenvalue weighted by molar-refractivity contribution is 5.83. The van der Waals surface area contributed by atoms with E-state index in [2.05, 4.69) is 0 Å². The van der Waals surface area contributed by atoms with E-state index in [1.807, 2.05) is 13.0 Å². The third-order valence-corrected chi connectivity index (χ3v) is 5.92. The van der Waals surface area contributed by atoms with Crippen LogP contribution in [0.1, 0.15) is 32.3 Å². The maximum atomic E-state index is 13.4. The van der Waals surface area contributed by atoms with Gasteiger partial charge in [0.1, 0.15) is 6.10 Å². The van der Waals surface area contributed by atoms with Gasteiger partial charge in [-0.2, -0.15) is 18.2 Å². The van der Waals surface area contributed by atoms with Crippen LogP contribution in [0, 0.1) is 0 Å². The number of hydroxylamine groups is 2. The van der Waals surface area contributed by atoms with Crippen molar-refractivity contribution in [2.24, 2.45) is 0 Å². The van der Waals surface area contributed by atoms with E-state index in [0.29, 0.717) is 11.3 Å². The van der Waals surface area contributed by atoms with Crippen LogP contribution in [0.5, 0.6) is 0 Å². The van der Waals surface area contributed by atoms with Crippen molar-refractivity contribution < 1.29 is 42.2 Å². The fourth-order valence-corrected chi connectivity index (χ4v) is 4.37. The highest BCUT2D eigenvalue weighted by Gasteiger charge is 2.59. The fraction of sp³-hybridized carbons (Fsp3) is 0.636. The Morgan fingerprint density at radius 1 is 1.27 bits per heavy atom. The topological polar surface area (TPSA) is 88.5 Å². The van der Waals surface area contributed by atoms with Crippen molar-refractivity contribution in [3.63, 3.8) is 0 Å². The molecule has 1 aromatic carbocycles. The molecule has 0 spiro atoms. The Balaban J connectivity index is 1.87. The lowest BCUT2D eigenvalue weighted by molar-refractivity contribution is -0.214. The monoisotopic (exact) mass is 474 g/mol. The summed E-state index contributed by atoms with van der Waals surface area (Å²) >= 11 is 0. The second-order valence-electron chi connectivity index (χ2n) is 8.55. The van der Waals surface area contributed by atoms with E-state index in [1.54, 1.807) is 24.3 Å². The number of ether oxygens (including phenoxy) is 2. The number of nitrogens with zero attached hydrogens (tertiary/aromatic N) is 2. The molecule has 33 heavy (non-hydrogen) atoms. The van der Waals surface area contributed by atoms with E-state index >= 15 is 0 Å². The number of hydrogen-bond acceptors (Lipinski definition) is 7. The number of likely N-dealkylation sites (N-methyl/N-ethyl adjacent to an activating group) is 1. The van der Waals surface area contributed by atoms with Crippen molar-refractivity contribution in [3.05, 3.63) is 35.9 Å². The number of hydrogen-bond donors (Lipinski definition) is 1. The average molecular weight is 474 g/mol. The van der Waals surface area contributed by atoms with Gasteiger partial charge in [-0.3, -0.25) is 9.63 Å². The van der Waals surface area contributed by atoms with Crippen LogP contribution in [0.4, 0.5) is 13.2 Å². The summed E-state index contributed by atoms with van der Waals surface area (Å²) in [6.07, 6.45) is -7.05. The largest absolute Gasteiger partial charge is 0.471 e. The minimum absolute atomic E-state index is 0.0280. The number of aliphatic hydroxyl groups excluding tert-OH is 1. The predicted molar refractivity (Wildman–Crippen MR) is 109 cm³/mol. The highest BCUT2D eigenvalue weighted by Crippen LogP contribution is 2.39. The molecule has 11 heteroatoms. The third kappa shape index (κ3) is 5.48. The number of benzene rings is 1. The number of alkyl halides is 3. The first-order valence-corrected chi connectivity index (χ1v) is 10.8. The SMILES string of the molecule is CCCOC(=O)[C@@]1(C)C[C@@H]([C@@H]2[C@@H](OCc3ccccc3)[C@H](O)CN2C(=O)C(F)(F)F)N(C)O1. The number of carbonyl (C=O) groups is 2. The van der Waals surface area contributed by atoms with Gasteiger partial charge in [-0.25, -0.2) is 4.79 Å². The fourth-order valence-electron chi connectivity index (χ4n) is 4.37. The van der Waals surface area contributed by atoms with E-state index in [9.17, 15) is 27.9 Å². The third-order valence-electron chi connectivity index (χ3n) is 5.92. The molecule has 184 valence electrons. The number of amides is 1. The first-order valence-electron chi connectivity index (χ1n) is 10.8. The van der Waals surface area contributed by atoms with E-state index in [-0.39, 0.29) is 19.6 Å². The van der Waals surface area contributed by atoms with Gasteiger partial charge in [0.25, 0.3) is 0 Å². The van der Waals surface area contributed by atoms with Crippen LogP contribution in [0.2, 0.25) is 0 Å². The minimum Gasteiger partial charge on any atom is -0.464 e. The molecular formula is C22H29F3N2O6. The molecule has 5 atom stereocenters. The van der Waals surface area contributed by atoms with Crippen molar-refractivity contribution >= 4 is 11.9 Å². The number of rotatable bonds is 7. The lowest BCUT2D eigenvalue weighted by Gasteiger charge is -2.34. The van der Waals surface area contributed by atoms with Gasteiger partial charge in [0.15, 0.2) is 5.60 Å². The Hall–Kier alpha value is -2.21. The molecule has 0 saturated carbocycles. The number of esters is 1. The standard InChI is InChI=1S/C22H29F3N2O6/c1-4-10-31-20(30)21(2)11-15(26(3)33-21)17-18(32-13-14-8-6-5-7-9-14)16(28)12-27(17)19(29)22(23,24)25/h5-9,15-18,28H,4,10-13H2,1-3H3/t15-,16+,17+,18-,21+/m0/s1. The molecule has 3 rings (SSSR count). The van der Waals surface area contributed by atoms with Crippen LogP contribution in [-0.4, -0.2) is 83.2 Å². The van der Waals surface area contributed by atoms with Crippen LogP contribution >= 0.6 is 0 Å². The molecule has 2 aliphatic heterocycles. The van der Waals surface area contributed by atoms with Gasteiger partial charge < -0.3 is 19.5 Å². The lowest BCUT2D eigenvalue weighted by atomic mass is 9.91. The number of halogens is 3. The summed E-state index contributed by atoms with van der Waals surface area (Å²) in [5.41, 5.74) is -0.688. The molecular weight excluding hydrogens is 445 g/mol. The summed E-state index contributed by atoms with van der Waals surface area (Å²) in [7, 11) is 1.47. The summed E-state index contributed by atoms with van der Waals surface area (Å²) in [6, 6.07) is 6.88. The maximum absolute atomic E-state index is 13.4. The first-order chi connectivity index (χ1) is 15.5. The smallest absolute Gasteiger partial charge is 0.464 e. The summed E-state index contributed by atoms with van der Waals surface area (Å²) in [5.74, 6) is -2.72. The van der Waals surface area contributed by atoms with Gasteiger partial charge >= 0.3 is 18.1 Å². The average Bonchev–Trinajstić information content (AvgIpc) is 3.25. The van der Waals surface area contributed by atoms with E-state index in [0.717, 1.165) is 5.56 Å². The van der Waals surface area contributed by atoms with Crippen LogP contribution in [0.15, 0.2) is 30.3 Å². The second-order valence-corrected chi connectivity index (χ2v) is 8.55. The molecule has 1 aromatic rings. The zero-order valence-electron chi connectivity index (χ0n) is 18.7. The Bertz CT molecular complexity index is 839. The van der Waals surface area contributed by atoms with Gasteiger partial charge in [0.05, 0.1) is 37.9 Å². The molecule has 2 saturated heterocycles. The zero-order chi connectivity index (χ0) is 24.4. The van der Waals surface area contributed by atoms with Crippen LogP contribution in [0.3, 0.4) is 0 Å². The summed E-state index contributed by atoms with van der Waals surface area (Å²) in [6.45, 7) is 2.97. The molecule has 2 fully saturated rings. The van der Waals surface area contributed by atoms with Crippen molar-refractivity contribution in [2.45, 2.75) is 69.4 Å². The number of likely N-dealkylation sites (tertiary alicyclic amines) is 1. The van der Waals surface area contributed by atoms with Crippen molar-refractivity contribution in [2.75, 3.05) is 20.2 Å². The second kappa shape index (κ2) is 9.96. The van der Waals surface area contributed by atoms with Crippen LogP contribution in [0.25, 0.3) is 0 Å². The summed E-state index contributed by atoms with van der Waals surface area (Å²) in [4.78, 5) is 31.0. The molecule has 1 N–H and O–H groups in total. The zero-order valence-corrected chi connectivity index (χ0v) is 18.7. The molecule has 0 unspecified atom stereocenters. The molecule has 2 heterocycles. The molecule has 0 radical (unpaired) electrons. The van der Waals surface area contributed by atoms with Gasteiger partial charge in [-0.05, 0) is 18.9 Å². The molecule has 8 nitrogen and oxygen atoms in total. The summed E-state index contributed by atoms with van der Waals surface area (Å²) < 4.78 is 51.1. The van der Waals surface area contributed by atoms with Crippen LogP contribution in [-0.2, 0) is 30.5 Å². The molecule has 2 aliphatic rings. The van der Waals surface area contributed by atoms with Gasteiger partial charge in [-0.1, -0.05) is 37.3 Å². The van der Waals surface area contributed by atoms with Crippen molar-refractivity contribution in [3.8, 4) is 0 Å². The quantitative estimate of drug-likeness (QED) is 0.606.